The lowest BCUT2D eigenvalue weighted by Gasteiger charge is -2.24. The number of halogens is 3. The highest BCUT2D eigenvalue weighted by molar-refractivity contribution is 6.30. The second kappa shape index (κ2) is 6.71. The summed E-state index contributed by atoms with van der Waals surface area (Å²) in [6.45, 7) is 0. The van der Waals surface area contributed by atoms with Crippen LogP contribution in [0.4, 0.5) is 4.39 Å². The molecule has 2 rings (SSSR count). The molecule has 0 aliphatic heterocycles. The summed E-state index contributed by atoms with van der Waals surface area (Å²) in [5, 5.41) is 10.2. The Hall–Kier alpha value is -0.350. The highest BCUT2D eigenvalue weighted by Crippen LogP contribution is 2.33. The van der Waals surface area contributed by atoms with Gasteiger partial charge in [0.1, 0.15) is 5.82 Å². The Bertz CT molecular complexity index is 397. The van der Waals surface area contributed by atoms with Crippen LogP contribution in [-0.4, -0.2) is 11.2 Å². The predicted molar refractivity (Wildman–Crippen MR) is 73.6 cm³/mol. The Balaban J connectivity index is 0.00000162. The van der Waals surface area contributed by atoms with Gasteiger partial charge in [-0.15, -0.1) is 12.4 Å². The van der Waals surface area contributed by atoms with Gasteiger partial charge in [-0.25, -0.2) is 4.39 Å². The van der Waals surface area contributed by atoms with Crippen LogP contribution in [-0.2, 0) is 0 Å². The van der Waals surface area contributed by atoms with E-state index < -0.39 is 18.0 Å². The van der Waals surface area contributed by atoms with Crippen LogP contribution >= 0.6 is 24.0 Å². The van der Waals surface area contributed by atoms with Crippen LogP contribution in [0, 0.1) is 11.7 Å². The zero-order valence-electron chi connectivity index (χ0n) is 9.98. The normalized spacial score (nSPS) is 19.3. The molecular formula is C13H18Cl2FNO. The van der Waals surface area contributed by atoms with Crippen LogP contribution in [0.2, 0.25) is 5.02 Å². The van der Waals surface area contributed by atoms with E-state index in [-0.39, 0.29) is 23.3 Å². The Morgan fingerprint density at radius 3 is 2.50 bits per heavy atom. The number of benzene rings is 1. The molecule has 1 aromatic carbocycles. The molecule has 5 heteroatoms. The van der Waals surface area contributed by atoms with Crippen molar-refractivity contribution < 1.29 is 9.50 Å². The minimum atomic E-state index is -0.570. The van der Waals surface area contributed by atoms with Gasteiger partial charge in [-0.1, -0.05) is 30.5 Å². The standard InChI is InChI=1S/C13H17ClFNO.ClH/c14-10-7-9(5-6-11(10)15)12(16)13(17)8-3-1-2-4-8;/h5-8,12-13,17H,1-4,16H2;1H/t12-,13+;/m0./s1. The molecular weight excluding hydrogens is 276 g/mol. The van der Waals surface area contributed by atoms with E-state index in [4.69, 9.17) is 17.3 Å². The van der Waals surface area contributed by atoms with E-state index in [1.54, 1.807) is 6.07 Å². The highest BCUT2D eigenvalue weighted by atomic mass is 35.5. The summed E-state index contributed by atoms with van der Waals surface area (Å²) in [6.07, 6.45) is 3.77. The predicted octanol–water partition coefficient (Wildman–Crippen LogP) is 3.45. The molecule has 3 N–H and O–H groups in total. The SMILES string of the molecule is Cl.N[C@@H](c1ccc(F)c(Cl)c1)[C@H](O)C1CCCC1. The molecule has 1 aliphatic carbocycles. The summed E-state index contributed by atoms with van der Waals surface area (Å²) < 4.78 is 13.0. The van der Waals surface area contributed by atoms with E-state index in [2.05, 4.69) is 0 Å². The second-order valence-corrected chi connectivity index (χ2v) is 5.14. The molecule has 0 spiro atoms. The number of rotatable bonds is 3. The molecule has 0 heterocycles. The van der Waals surface area contributed by atoms with E-state index >= 15 is 0 Å². The van der Waals surface area contributed by atoms with Crippen LogP contribution in [0.15, 0.2) is 18.2 Å². The first-order valence-corrected chi connectivity index (χ1v) is 6.36. The largest absolute Gasteiger partial charge is 0.391 e. The van der Waals surface area contributed by atoms with E-state index in [0.29, 0.717) is 5.56 Å². The van der Waals surface area contributed by atoms with Crippen LogP contribution in [0.1, 0.15) is 37.3 Å². The minimum Gasteiger partial charge on any atom is -0.391 e. The van der Waals surface area contributed by atoms with Crippen molar-refractivity contribution in [1.82, 2.24) is 0 Å². The summed E-state index contributed by atoms with van der Waals surface area (Å²) >= 11 is 5.71. The topological polar surface area (TPSA) is 46.2 Å². The third kappa shape index (κ3) is 3.35. The molecule has 0 aromatic heterocycles. The van der Waals surface area contributed by atoms with Crippen LogP contribution in [0.3, 0.4) is 0 Å². The fraction of sp³-hybridized carbons (Fsp3) is 0.538. The third-order valence-electron chi connectivity index (χ3n) is 3.58. The molecule has 0 radical (unpaired) electrons. The summed E-state index contributed by atoms with van der Waals surface area (Å²) in [5.74, 6) is -0.202. The molecule has 1 aliphatic rings. The van der Waals surface area contributed by atoms with Crippen molar-refractivity contribution in [2.75, 3.05) is 0 Å². The van der Waals surface area contributed by atoms with Gasteiger partial charge in [0.05, 0.1) is 17.2 Å². The number of hydrogen-bond donors (Lipinski definition) is 2. The Morgan fingerprint density at radius 1 is 1.33 bits per heavy atom. The fourth-order valence-corrected chi connectivity index (χ4v) is 2.70. The van der Waals surface area contributed by atoms with Crippen molar-refractivity contribution in [1.29, 1.82) is 0 Å². The average Bonchev–Trinajstić information content (AvgIpc) is 2.84. The molecule has 1 fully saturated rings. The lowest BCUT2D eigenvalue weighted by molar-refractivity contribution is 0.0845. The maximum atomic E-state index is 13.0. The Morgan fingerprint density at radius 2 is 1.94 bits per heavy atom. The molecule has 102 valence electrons. The van der Waals surface area contributed by atoms with Crippen molar-refractivity contribution in [3.63, 3.8) is 0 Å². The molecule has 2 nitrogen and oxygen atoms in total. The van der Waals surface area contributed by atoms with Crippen LogP contribution in [0.25, 0.3) is 0 Å². The maximum absolute atomic E-state index is 13.0. The van der Waals surface area contributed by atoms with Crippen LogP contribution in [0.5, 0.6) is 0 Å². The Kier molecular flexibility index (Phi) is 5.86. The number of nitrogens with two attached hydrogens (primary N) is 1. The van der Waals surface area contributed by atoms with E-state index in [0.717, 1.165) is 25.7 Å². The number of aliphatic hydroxyl groups excluding tert-OH is 1. The van der Waals surface area contributed by atoms with Gasteiger partial charge in [0.15, 0.2) is 0 Å². The maximum Gasteiger partial charge on any atom is 0.141 e. The first-order chi connectivity index (χ1) is 8.09. The summed E-state index contributed by atoms with van der Waals surface area (Å²) in [4.78, 5) is 0. The zero-order valence-corrected chi connectivity index (χ0v) is 11.6. The first-order valence-electron chi connectivity index (χ1n) is 5.98. The smallest absolute Gasteiger partial charge is 0.141 e. The van der Waals surface area contributed by atoms with Crippen LogP contribution < -0.4 is 5.73 Å². The lowest BCUT2D eigenvalue weighted by Crippen LogP contribution is -2.31. The summed E-state index contributed by atoms with van der Waals surface area (Å²) in [7, 11) is 0. The van der Waals surface area contributed by atoms with E-state index in [1.807, 2.05) is 0 Å². The molecule has 0 saturated heterocycles. The number of aliphatic hydroxyl groups is 1. The molecule has 18 heavy (non-hydrogen) atoms. The quantitative estimate of drug-likeness (QED) is 0.897. The van der Waals surface area contributed by atoms with Crippen molar-refractivity contribution in [3.05, 3.63) is 34.6 Å². The monoisotopic (exact) mass is 293 g/mol. The van der Waals surface area contributed by atoms with Gasteiger partial charge in [-0.3, -0.25) is 0 Å². The summed E-state index contributed by atoms with van der Waals surface area (Å²) in [5.41, 5.74) is 6.70. The molecule has 0 amide bonds. The average molecular weight is 294 g/mol. The first kappa shape index (κ1) is 15.7. The Labute approximate surface area is 118 Å². The molecule has 0 bridgehead atoms. The van der Waals surface area contributed by atoms with Crippen molar-refractivity contribution >= 4 is 24.0 Å². The van der Waals surface area contributed by atoms with Gasteiger partial charge in [-0.2, -0.15) is 0 Å². The zero-order chi connectivity index (χ0) is 12.4. The van der Waals surface area contributed by atoms with E-state index in [1.165, 1.54) is 12.1 Å². The van der Waals surface area contributed by atoms with Crippen molar-refractivity contribution in [2.45, 2.75) is 37.8 Å². The van der Waals surface area contributed by atoms with Gasteiger partial charge in [-0.05, 0) is 36.5 Å². The third-order valence-corrected chi connectivity index (χ3v) is 3.87. The minimum absolute atomic E-state index is 0. The van der Waals surface area contributed by atoms with Gasteiger partial charge < -0.3 is 10.8 Å². The summed E-state index contributed by atoms with van der Waals surface area (Å²) in [6, 6.07) is 3.89. The molecule has 0 unspecified atom stereocenters. The number of hydrogen-bond acceptors (Lipinski definition) is 2. The van der Waals surface area contributed by atoms with Crippen molar-refractivity contribution in [2.24, 2.45) is 11.7 Å². The van der Waals surface area contributed by atoms with Gasteiger partial charge in [0, 0.05) is 0 Å². The molecule has 2 atom stereocenters. The van der Waals surface area contributed by atoms with Gasteiger partial charge >= 0.3 is 0 Å². The lowest BCUT2D eigenvalue weighted by atomic mass is 9.91. The highest BCUT2D eigenvalue weighted by Gasteiger charge is 2.28. The fourth-order valence-electron chi connectivity index (χ4n) is 2.51. The molecule has 1 saturated carbocycles. The van der Waals surface area contributed by atoms with Crippen molar-refractivity contribution in [3.8, 4) is 0 Å². The molecule has 1 aromatic rings. The second-order valence-electron chi connectivity index (χ2n) is 4.73. The van der Waals surface area contributed by atoms with Gasteiger partial charge in [0.25, 0.3) is 0 Å². The van der Waals surface area contributed by atoms with E-state index in [9.17, 15) is 9.50 Å². The van der Waals surface area contributed by atoms with Gasteiger partial charge in [0.2, 0.25) is 0 Å².